The van der Waals surface area contributed by atoms with Gasteiger partial charge in [0.2, 0.25) is 0 Å². The van der Waals surface area contributed by atoms with Crippen LogP contribution >= 0.6 is 7.60 Å². The normalized spacial score (nSPS) is 14.2. The Morgan fingerprint density at radius 2 is 1.76 bits per heavy atom. The summed E-state index contributed by atoms with van der Waals surface area (Å²) in [6.45, 7) is 14.0. The van der Waals surface area contributed by atoms with Crippen LogP contribution in [0.5, 0.6) is 5.75 Å². The van der Waals surface area contributed by atoms with Gasteiger partial charge in [-0.2, -0.15) is 0 Å². The summed E-state index contributed by atoms with van der Waals surface area (Å²) in [4.78, 5) is 12.2. The summed E-state index contributed by atoms with van der Waals surface area (Å²) in [5.41, 5.74) is 2.90. The Hall–Kier alpha value is -1.16. The zero-order valence-electron chi connectivity index (χ0n) is 16.5. The highest BCUT2D eigenvalue weighted by molar-refractivity contribution is 7.53. The summed E-state index contributed by atoms with van der Waals surface area (Å²) in [6, 6.07) is 4.04. The lowest BCUT2D eigenvalue weighted by atomic mass is 9.84. The van der Waals surface area contributed by atoms with Crippen LogP contribution in [0.15, 0.2) is 12.1 Å². The molecule has 0 aliphatic carbocycles. The van der Waals surface area contributed by atoms with Crippen LogP contribution in [0.25, 0.3) is 0 Å². The second-order valence-electron chi connectivity index (χ2n) is 7.11. The minimum atomic E-state index is -3.10. The predicted octanol–water partition coefficient (Wildman–Crippen LogP) is 5.16. The highest BCUT2D eigenvalue weighted by atomic mass is 31.2. The molecule has 1 aromatic rings. The molecule has 0 fully saturated rings. The van der Waals surface area contributed by atoms with E-state index in [0.29, 0.717) is 12.4 Å². The number of rotatable bonds is 8. The maximum absolute atomic E-state index is 12.2. The summed E-state index contributed by atoms with van der Waals surface area (Å²) in [7, 11) is -3.10. The first-order chi connectivity index (χ1) is 11.5. The van der Waals surface area contributed by atoms with Gasteiger partial charge < -0.3 is 13.8 Å². The molecule has 142 valence electrons. The first-order valence-electron chi connectivity index (χ1n) is 8.73. The molecule has 1 aromatic carbocycles. The van der Waals surface area contributed by atoms with Crippen molar-refractivity contribution in [3.05, 3.63) is 28.8 Å². The van der Waals surface area contributed by atoms with Crippen LogP contribution in [0, 0.1) is 13.8 Å². The van der Waals surface area contributed by atoms with E-state index in [2.05, 4.69) is 20.8 Å². The van der Waals surface area contributed by atoms with Crippen molar-refractivity contribution >= 4 is 13.6 Å². The van der Waals surface area contributed by atoms with Gasteiger partial charge in [0.1, 0.15) is 5.75 Å². The fourth-order valence-corrected chi connectivity index (χ4v) is 3.70. The van der Waals surface area contributed by atoms with E-state index in [-0.39, 0.29) is 24.6 Å². The van der Waals surface area contributed by atoms with Gasteiger partial charge in [-0.05, 0) is 31.7 Å². The Labute approximate surface area is 151 Å². The number of ether oxygens (including phenoxy) is 1. The quantitative estimate of drug-likeness (QED) is 0.359. The largest absolute Gasteiger partial charge is 0.426 e. The number of carbonyl (C=O) groups excluding carboxylic acids is 1. The van der Waals surface area contributed by atoms with Crippen LogP contribution in [0.2, 0.25) is 0 Å². The molecule has 1 rings (SSSR count). The molecule has 25 heavy (non-hydrogen) atoms. The van der Waals surface area contributed by atoms with Crippen molar-refractivity contribution in [2.24, 2.45) is 0 Å². The van der Waals surface area contributed by atoms with Gasteiger partial charge in [0.25, 0.3) is 0 Å². The Balaban J connectivity index is 2.80. The van der Waals surface area contributed by atoms with Crippen LogP contribution in [0.3, 0.4) is 0 Å². The van der Waals surface area contributed by atoms with Gasteiger partial charge in [0.15, 0.2) is 0 Å². The minimum Gasteiger partial charge on any atom is -0.426 e. The van der Waals surface area contributed by atoms with Gasteiger partial charge >= 0.3 is 13.6 Å². The van der Waals surface area contributed by atoms with E-state index in [0.717, 1.165) is 16.7 Å². The third-order valence-electron chi connectivity index (χ3n) is 3.75. The molecule has 0 radical (unpaired) electrons. The van der Waals surface area contributed by atoms with Gasteiger partial charge in [-0.25, -0.2) is 0 Å². The molecule has 0 heterocycles. The number of hydrogen-bond donors (Lipinski definition) is 0. The lowest BCUT2D eigenvalue weighted by Crippen LogP contribution is -2.18. The zero-order valence-corrected chi connectivity index (χ0v) is 17.4. The van der Waals surface area contributed by atoms with Crippen molar-refractivity contribution in [1.82, 2.24) is 0 Å². The average molecular weight is 370 g/mol. The molecule has 0 spiro atoms. The van der Waals surface area contributed by atoms with E-state index >= 15 is 0 Å². The fourth-order valence-electron chi connectivity index (χ4n) is 2.50. The molecule has 0 saturated carbocycles. The molecule has 0 aliphatic rings. The molecule has 5 nitrogen and oxygen atoms in total. The summed E-state index contributed by atoms with van der Waals surface area (Å²) < 4.78 is 28.3. The Morgan fingerprint density at radius 1 is 1.12 bits per heavy atom. The van der Waals surface area contributed by atoms with Crippen molar-refractivity contribution in [2.45, 2.75) is 60.3 Å². The molecular weight excluding hydrogens is 339 g/mol. The average Bonchev–Trinajstić information content (AvgIpc) is 2.49. The molecule has 0 bridgehead atoms. The molecule has 0 aliphatic heterocycles. The van der Waals surface area contributed by atoms with Crippen molar-refractivity contribution < 1.29 is 23.1 Å². The molecule has 0 amide bonds. The Kier molecular flexibility index (Phi) is 7.86. The van der Waals surface area contributed by atoms with Crippen molar-refractivity contribution in [2.75, 3.05) is 19.4 Å². The van der Waals surface area contributed by atoms with E-state index in [4.69, 9.17) is 13.8 Å². The minimum absolute atomic E-state index is 0.0136. The number of aryl methyl sites for hydroxylation is 2. The second-order valence-corrected chi connectivity index (χ2v) is 9.48. The van der Waals surface area contributed by atoms with E-state index in [1.54, 1.807) is 13.8 Å². The van der Waals surface area contributed by atoms with Gasteiger partial charge in [-0.15, -0.1) is 0 Å². The van der Waals surface area contributed by atoms with E-state index < -0.39 is 13.6 Å². The van der Waals surface area contributed by atoms with E-state index in [1.807, 2.05) is 26.0 Å². The first-order valence-corrected chi connectivity index (χ1v) is 10.5. The monoisotopic (exact) mass is 370 g/mol. The summed E-state index contributed by atoms with van der Waals surface area (Å²) in [5.74, 6) is 0.197. The van der Waals surface area contributed by atoms with Crippen molar-refractivity contribution in [3.8, 4) is 5.75 Å². The molecule has 0 saturated heterocycles. The van der Waals surface area contributed by atoms with Crippen LogP contribution in [-0.4, -0.2) is 25.3 Å². The summed E-state index contributed by atoms with van der Waals surface area (Å²) in [5, 5.41) is 0. The lowest BCUT2D eigenvalue weighted by molar-refractivity contribution is -0.135. The highest BCUT2D eigenvalue weighted by Gasteiger charge is 2.24. The van der Waals surface area contributed by atoms with Crippen LogP contribution in [0.1, 0.15) is 57.7 Å². The molecular formula is C19H31O5P. The Morgan fingerprint density at radius 3 is 2.28 bits per heavy atom. The summed E-state index contributed by atoms with van der Waals surface area (Å²) >= 11 is 0. The molecule has 1 unspecified atom stereocenters. The topological polar surface area (TPSA) is 61.8 Å². The number of carbonyl (C=O) groups is 1. The Bertz CT molecular complexity index is 646. The zero-order chi connectivity index (χ0) is 19.3. The van der Waals surface area contributed by atoms with Gasteiger partial charge in [0.05, 0.1) is 19.6 Å². The number of hydrogen-bond acceptors (Lipinski definition) is 5. The van der Waals surface area contributed by atoms with Crippen LogP contribution in [-0.2, 0) is 23.8 Å². The van der Waals surface area contributed by atoms with Crippen molar-refractivity contribution in [3.63, 3.8) is 0 Å². The first kappa shape index (κ1) is 21.9. The highest BCUT2D eigenvalue weighted by Crippen LogP contribution is 2.47. The van der Waals surface area contributed by atoms with E-state index in [9.17, 15) is 9.36 Å². The van der Waals surface area contributed by atoms with Crippen LogP contribution < -0.4 is 4.74 Å². The number of benzene rings is 1. The van der Waals surface area contributed by atoms with Crippen LogP contribution in [0.4, 0.5) is 0 Å². The SMILES string of the molecule is CCOP(=O)(CC)OCCC(=O)Oc1c(C)cc(C)cc1C(C)(C)C. The molecule has 0 aromatic heterocycles. The maximum atomic E-state index is 12.2. The maximum Gasteiger partial charge on any atom is 0.330 e. The second kappa shape index (κ2) is 8.98. The van der Waals surface area contributed by atoms with Gasteiger partial charge in [-0.3, -0.25) is 9.36 Å². The smallest absolute Gasteiger partial charge is 0.330 e. The molecule has 6 heteroatoms. The van der Waals surface area contributed by atoms with E-state index in [1.165, 1.54) is 0 Å². The van der Waals surface area contributed by atoms with Gasteiger partial charge in [0, 0.05) is 11.7 Å². The summed E-state index contributed by atoms with van der Waals surface area (Å²) in [6.07, 6.45) is 0.301. The van der Waals surface area contributed by atoms with Gasteiger partial charge in [-0.1, -0.05) is 45.4 Å². The standard InChI is InChI=1S/C19H31O5P/c1-8-22-25(21,9-2)23-11-10-17(20)24-18-15(4)12-14(3)13-16(18)19(5,6)7/h12-13H,8-11H2,1-7H3. The molecule has 0 N–H and O–H groups in total. The third kappa shape index (κ3) is 6.58. The number of esters is 1. The fraction of sp³-hybridized carbons (Fsp3) is 0.632. The predicted molar refractivity (Wildman–Crippen MR) is 101 cm³/mol. The lowest BCUT2D eigenvalue weighted by Gasteiger charge is -2.24. The third-order valence-corrected chi connectivity index (χ3v) is 5.75. The van der Waals surface area contributed by atoms with Crippen molar-refractivity contribution in [1.29, 1.82) is 0 Å². The molecule has 1 atom stereocenters.